The highest BCUT2D eigenvalue weighted by molar-refractivity contribution is 6.31. The van der Waals surface area contributed by atoms with Gasteiger partial charge < -0.3 is 19.3 Å². The van der Waals surface area contributed by atoms with Gasteiger partial charge in [-0.25, -0.2) is 9.98 Å². The molecule has 0 saturated heterocycles. The van der Waals surface area contributed by atoms with Crippen LogP contribution in [-0.4, -0.2) is 44.8 Å². The molecule has 39 heavy (non-hydrogen) atoms. The molecule has 7 rings (SSSR count). The molecule has 0 aliphatic carbocycles. The lowest BCUT2D eigenvalue weighted by Gasteiger charge is -2.17. The van der Waals surface area contributed by atoms with Crippen LogP contribution in [0.25, 0.3) is 28.2 Å². The molecule has 3 aromatic heterocycles. The minimum atomic E-state index is -0.373. The number of benzene rings is 2. The Balaban J connectivity index is 1.45. The van der Waals surface area contributed by atoms with Crippen LogP contribution in [-0.2, 0) is 6.54 Å². The van der Waals surface area contributed by atoms with Crippen molar-refractivity contribution in [3.05, 3.63) is 83.6 Å². The Hall–Kier alpha value is -4.85. The number of pyridine rings is 1. The molecule has 0 unspecified atom stereocenters. The fourth-order valence-corrected chi connectivity index (χ4v) is 5.57. The summed E-state index contributed by atoms with van der Waals surface area (Å²) in [6.45, 7) is 2.69. The molecule has 0 fully saturated rings. The van der Waals surface area contributed by atoms with Crippen LogP contribution in [0.4, 0.5) is 5.69 Å². The number of para-hydroxylation sites is 1. The zero-order chi connectivity index (χ0) is 26.8. The summed E-state index contributed by atoms with van der Waals surface area (Å²) < 4.78 is 9.94. The maximum Gasteiger partial charge on any atom is 0.280 e. The predicted molar refractivity (Wildman–Crippen MR) is 151 cm³/mol. The highest BCUT2D eigenvalue weighted by Crippen LogP contribution is 2.44. The first kappa shape index (κ1) is 23.3. The molecule has 8 heteroatoms. The molecule has 0 bridgehead atoms. The number of ether oxygens (including phenoxy) is 1. The fraction of sp³-hybridized carbons (Fsp3) is 0.194. The van der Waals surface area contributed by atoms with Gasteiger partial charge in [-0.3, -0.25) is 9.20 Å². The molecule has 1 N–H and O–H groups in total. The number of fused-ring (bicyclic) bond motifs is 3. The highest BCUT2D eigenvalue weighted by Gasteiger charge is 2.38. The van der Waals surface area contributed by atoms with Crippen LogP contribution in [0.15, 0.2) is 71.7 Å². The Morgan fingerprint density at radius 2 is 1.77 bits per heavy atom. The van der Waals surface area contributed by atoms with Crippen molar-refractivity contribution in [1.29, 1.82) is 0 Å². The number of anilines is 1. The molecule has 2 aliphatic heterocycles. The lowest BCUT2D eigenvalue weighted by molar-refractivity contribution is 0.101. The third-order valence-corrected chi connectivity index (χ3v) is 7.49. The summed E-state index contributed by atoms with van der Waals surface area (Å²) >= 11 is 0. The van der Waals surface area contributed by atoms with Gasteiger partial charge in [0.1, 0.15) is 17.2 Å². The number of carbonyl (C=O) groups excluding carboxylic acids is 1. The summed E-state index contributed by atoms with van der Waals surface area (Å²) in [5.74, 6) is 1.74. The minimum Gasteiger partial charge on any atom is -0.494 e. The summed E-state index contributed by atoms with van der Waals surface area (Å²) in [5.41, 5.74) is 5.99. The fourth-order valence-electron chi connectivity index (χ4n) is 5.57. The number of imidazole rings is 1. The molecule has 8 nitrogen and oxygen atoms in total. The first-order valence-electron chi connectivity index (χ1n) is 13.1. The van der Waals surface area contributed by atoms with E-state index in [-0.39, 0.29) is 11.8 Å². The number of aromatic nitrogens is 3. The monoisotopic (exact) mass is 517 g/mol. The van der Waals surface area contributed by atoms with Gasteiger partial charge in [0.2, 0.25) is 11.8 Å². The van der Waals surface area contributed by atoms with Crippen LogP contribution in [0, 0.1) is 0 Å². The Morgan fingerprint density at radius 3 is 2.54 bits per heavy atom. The van der Waals surface area contributed by atoms with E-state index in [9.17, 15) is 9.90 Å². The Kier molecular flexibility index (Phi) is 5.13. The minimum absolute atomic E-state index is 0.0418. The van der Waals surface area contributed by atoms with Gasteiger partial charge in [0.05, 0.1) is 27.9 Å². The zero-order valence-corrected chi connectivity index (χ0v) is 22.0. The topological polar surface area (TPSA) is 84.4 Å². The smallest absolute Gasteiger partial charge is 0.280 e. The zero-order valence-electron chi connectivity index (χ0n) is 22.0. The van der Waals surface area contributed by atoms with E-state index in [2.05, 4.69) is 11.9 Å². The first-order chi connectivity index (χ1) is 19.0. The molecule has 0 spiro atoms. The molecule has 0 radical (unpaired) electrons. The van der Waals surface area contributed by atoms with Gasteiger partial charge in [-0.2, -0.15) is 0 Å². The second kappa shape index (κ2) is 8.59. The summed E-state index contributed by atoms with van der Waals surface area (Å²) in [7, 11) is 3.98. The van der Waals surface area contributed by atoms with E-state index in [0.29, 0.717) is 46.5 Å². The van der Waals surface area contributed by atoms with Crippen molar-refractivity contribution in [2.45, 2.75) is 26.3 Å². The summed E-state index contributed by atoms with van der Waals surface area (Å²) in [6, 6.07) is 21.5. The van der Waals surface area contributed by atoms with E-state index in [0.717, 1.165) is 40.9 Å². The van der Waals surface area contributed by atoms with Crippen LogP contribution in [0.2, 0.25) is 0 Å². The number of rotatable bonds is 6. The van der Waals surface area contributed by atoms with E-state index in [4.69, 9.17) is 9.72 Å². The molecule has 2 aliphatic rings. The molecular formula is C31H27N5O3. The number of aromatic hydroxyl groups is 1. The SMILES string of the molecule is CCCCn1c(O)c2c(c1-c1ccc(N(C)C)cc1)C(=O)N=C2c1nc2n3c(cccc13)Oc1ccccc1-2. The second-order valence-electron chi connectivity index (χ2n) is 10.1. The molecule has 5 aromatic rings. The van der Waals surface area contributed by atoms with E-state index in [1.54, 1.807) is 0 Å². The van der Waals surface area contributed by atoms with Gasteiger partial charge in [-0.1, -0.05) is 43.7 Å². The van der Waals surface area contributed by atoms with Crippen LogP contribution in [0.5, 0.6) is 17.5 Å². The van der Waals surface area contributed by atoms with Crippen molar-refractivity contribution in [3.8, 4) is 40.2 Å². The van der Waals surface area contributed by atoms with E-state index in [1.165, 1.54) is 0 Å². The lowest BCUT2D eigenvalue weighted by Crippen LogP contribution is -2.08. The van der Waals surface area contributed by atoms with Crippen LogP contribution < -0.4 is 9.64 Å². The lowest BCUT2D eigenvalue weighted by atomic mass is 10.0. The van der Waals surface area contributed by atoms with Gasteiger partial charge in [0.25, 0.3) is 5.91 Å². The van der Waals surface area contributed by atoms with Crippen LogP contribution >= 0.6 is 0 Å². The van der Waals surface area contributed by atoms with E-state index >= 15 is 0 Å². The summed E-state index contributed by atoms with van der Waals surface area (Å²) in [4.78, 5) is 25.1. The first-order valence-corrected chi connectivity index (χ1v) is 13.1. The molecule has 0 atom stereocenters. The van der Waals surface area contributed by atoms with Crippen molar-refractivity contribution < 1.29 is 14.6 Å². The Morgan fingerprint density at radius 1 is 0.974 bits per heavy atom. The molecule has 1 amide bonds. The molecule has 0 saturated carbocycles. The van der Waals surface area contributed by atoms with Crippen molar-refractivity contribution in [2.75, 3.05) is 19.0 Å². The maximum absolute atomic E-state index is 13.6. The number of aliphatic imine (C=N–C) groups is 1. The van der Waals surface area contributed by atoms with Gasteiger partial charge in [0.15, 0.2) is 5.82 Å². The predicted octanol–water partition coefficient (Wildman–Crippen LogP) is 6.14. The van der Waals surface area contributed by atoms with E-state index in [1.807, 2.05) is 94.7 Å². The van der Waals surface area contributed by atoms with Gasteiger partial charge in [-0.15, -0.1) is 0 Å². The van der Waals surface area contributed by atoms with E-state index < -0.39 is 0 Å². The number of unbranched alkanes of at least 4 members (excludes halogenated alkanes) is 1. The Labute approximate surface area is 225 Å². The molecule has 5 heterocycles. The van der Waals surface area contributed by atoms with Crippen LogP contribution in [0.1, 0.15) is 41.4 Å². The van der Waals surface area contributed by atoms with Crippen molar-refractivity contribution in [2.24, 2.45) is 4.99 Å². The summed E-state index contributed by atoms with van der Waals surface area (Å²) in [5, 5.41) is 11.6. The number of amides is 1. The van der Waals surface area contributed by atoms with Gasteiger partial charge in [-0.05, 0) is 48.4 Å². The largest absolute Gasteiger partial charge is 0.494 e. The van der Waals surface area contributed by atoms with Crippen molar-refractivity contribution >= 4 is 22.8 Å². The van der Waals surface area contributed by atoms with Crippen molar-refractivity contribution in [3.63, 3.8) is 0 Å². The standard InChI is InChI=1S/C31H27N5O3/c1-4-5-17-35-28(18-13-15-19(16-14-18)34(2)3)25-24(31(35)38)27(33-30(25)37)26-21-10-8-12-23-36(21)29(32-26)20-9-6-7-11-22(20)39-23/h6-16,38H,4-5,17H2,1-3H3. The van der Waals surface area contributed by atoms with Gasteiger partial charge >= 0.3 is 0 Å². The molecule has 2 aromatic carbocycles. The quantitative estimate of drug-likeness (QED) is 0.287. The average Bonchev–Trinajstić information content (AvgIpc) is 3.59. The number of carbonyl (C=O) groups is 1. The summed E-state index contributed by atoms with van der Waals surface area (Å²) in [6.07, 6.45) is 1.81. The molecule has 194 valence electrons. The van der Waals surface area contributed by atoms with Crippen LogP contribution in [0.3, 0.4) is 0 Å². The average molecular weight is 518 g/mol. The second-order valence-corrected chi connectivity index (χ2v) is 10.1. The number of hydrogen-bond donors (Lipinski definition) is 1. The highest BCUT2D eigenvalue weighted by atomic mass is 16.5. The third-order valence-electron chi connectivity index (χ3n) is 7.49. The van der Waals surface area contributed by atoms with Crippen molar-refractivity contribution in [1.82, 2.24) is 14.0 Å². The molecular weight excluding hydrogens is 490 g/mol. The number of hydrogen-bond acceptors (Lipinski definition) is 5. The Bertz CT molecular complexity index is 1830. The number of nitrogens with zero attached hydrogens (tertiary/aromatic N) is 5. The van der Waals surface area contributed by atoms with Gasteiger partial charge in [0, 0.05) is 26.3 Å². The third kappa shape index (κ3) is 3.34. The normalized spacial score (nSPS) is 13.3. The maximum atomic E-state index is 13.6.